The second kappa shape index (κ2) is 8.01. The van der Waals surface area contributed by atoms with Crippen LogP contribution in [0, 0.1) is 5.92 Å². The van der Waals surface area contributed by atoms with Gasteiger partial charge in [0.05, 0.1) is 38.5 Å². The first kappa shape index (κ1) is 18.1. The van der Waals surface area contributed by atoms with E-state index in [2.05, 4.69) is 5.32 Å². The lowest BCUT2D eigenvalue weighted by Gasteiger charge is -2.24. The van der Waals surface area contributed by atoms with E-state index in [1.807, 2.05) is 6.92 Å². The van der Waals surface area contributed by atoms with Crippen molar-refractivity contribution in [2.24, 2.45) is 5.92 Å². The van der Waals surface area contributed by atoms with E-state index in [0.717, 1.165) is 0 Å². The molecule has 1 fully saturated rings. The second-order valence-electron chi connectivity index (χ2n) is 5.81. The molecule has 0 radical (unpaired) electrons. The first-order chi connectivity index (χ1) is 11.5. The quantitative estimate of drug-likeness (QED) is 0.817. The number of rotatable bonds is 7. The van der Waals surface area contributed by atoms with Gasteiger partial charge in [-0.2, -0.15) is 0 Å². The van der Waals surface area contributed by atoms with Gasteiger partial charge in [-0.3, -0.25) is 9.59 Å². The summed E-state index contributed by atoms with van der Waals surface area (Å²) in [4.78, 5) is 26.4. The van der Waals surface area contributed by atoms with E-state index in [1.54, 1.807) is 37.3 Å². The monoisotopic (exact) mass is 336 g/mol. The van der Waals surface area contributed by atoms with Crippen molar-refractivity contribution < 1.29 is 23.8 Å². The molecule has 1 heterocycles. The minimum atomic E-state index is -0.396. The topological polar surface area (TPSA) is 77.1 Å². The second-order valence-corrected chi connectivity index (χ2v) is 5.81. The van der Waals surface area contributed by atoms with Gasteiger partial charge in [0.1, 0.15) is 11.5 Å². The normalized spacial score (nSPS) is 18.4. The summed E-state index contributed by atoms with van der Waals surface area (Å²) in [7, 11) is 4.68. The number of likely N-dealkylation sites (tertiary alicyclic amines) is 1. The molecule has 0 aliphatic carbocycles. The Morgan fingerprint density at radius 1 is 1.33 bits per heavy atom. The lowest BCUT2D eigenvalue weighted by atomic mass is 10.1. The summed E-state index contributed by atoms with van der Waals surface area (Å²) in [5, 5.41) is 2.84. The minimum absolute atomic E-state index is 0.0303. The maximum Gasteiger partial charge on any atom is 0.229 e. The molecule has 2 amide bonds. The number of benzene rings is 1. The molecule has 1 aliphatic heterocycles. The number of methoxy groups -OCH3 is 3. The number of carbonyl (C=O) groups excluding carboxylic acids is 2. The third-order valence-electron chi connectivity index (χ3n) is 4.13. The molecular formula is C17H24N2O5. The third-order valence-corrected chi connectivity index (χ3v) is 4.13. The van der Waals surface area contributed by atoms with Crippen molar-refractivity contribution in [2.45, 2.75) is 19.4 Å². The first-order valence-corrected chi connectivity index (χ1v) is 7.81. The number of nitrogens with one attached hydrogen (secondary N) is 1. The van der Waals surface area contributed by atoms with Gasteiger partial charge in [0.2, 0.25) is 11.8 Å². The van der Waals surface area contributed by atoms with Gasteiger partial charge in [0, 0.05) is 26.1 Å². The summed E-state index contributed by atoms with van der Waals surface area (Å²) in [5.41, 5.74) is 0.526. The average Bonchev–Trinajstić information content (AvgIpc) is 2.97. The zero-order valence-corrected chi connectivity index (χ0v) is 14.5. The van der Waals surface area contributed by atoms with Crippen LogP contribution < -0.4 is 14.8 Å². The SMILES string of the molecule is COC[C@H](C)N1C[C@@H](C(=O)Nc2cc(OC)ccc2OC)CC1=O. The lowest BCUT2D eigenvalue weighted by molar-refractivity contribution is -0.130. The van der Waals surface area contributed by atoms with Crippen LogP contribution in [-0.4, -0.2) is 57.2 Å². The molecule has 2 atom stereocenters. The van der Waals surface area contributed by atoms with E-state index >= 15 is 0 Å². The molecule has 1 aromatic rings. The van der Waals surface area contributed by atoms with Gasteiger partial charge >= 0.3 is 0 Å². The van der Waals surface area contributed by atoms with Gasteiger partial charge in [-0.25, -0.2) is 0 Å². The number of ether oxygens (including phenoxy) is 3. The van der Waals surface area contributed by atoms with E-state index in [4.69, 9.17) is 14.2 Å². The number of hydrogen-bond donors (Lipinski definition) is 1. The molecule has 1 N–H and O–H groups in total. The fraction of sp³-hybridized carbons (Fsp3) is 0.529. The predicted molar refractivity (Wildman–Crippen MR) is 89.3 cm³/mol. The standard InChI is InChI=1S/C17H24N2O5/c1-11(10-22-2)19-9-12(7-16(19)20)17(21)18-14-8-13(23-3)5-6-15(14)24-4/h5-6,8,11-12H,7,9-10H2,1-4H3,(H,18,21)/t11-,12-/m0/s1. The molecule has 1 aromatic carbocycles. The summed E-state index contributed by atoms with van der Waals surface area (Å²) < 4.78 is 15.5. The molecule has 0 saturated carbocycles. The van der Waals surface area contributed by atoms with Crippen LogP contribution in [0.3, 0.4) is 0 Å². The summed E-state index contributed by atoms with van der Waals surface area (Å²) >= 11 is 0. The molecule has 0 spiro atoms. The zero-order valence-electron chi connectivity index (χ0n) is 14.5. The van der Waals surface area contributed by atoms with Crippen LogP contribution in [0.2, 0.25) is 0 Å². The Kier molecular flexibility index (Phi) is 6.03. The number of anilines is 1. The maximum absolute atomic E-state index is 12.5. The lowest BCUT2D eigenvalue weighted by Crippen LogP contribution is -2.38. The Morgan fingerprint density at radius 3 is 2.71 bits per heavy atom. The highest BCUT2D eigenvalue weighted by atomic mass is 16.5. The number of amides is 2. The Balaban J connectivity index is 2.07. The highest BCUT2D eigenvalue weighted by molar-refractivity contribution is 5.98. The van der Waals surface area contributed by atoms with E-state index < -0.39 is 5.92 Å². The summed E-state index contributed by atoms with van der Waals surface area (Å²) in [6.45, 7) is 2.75. The van der Waals surface area contributed by atoms with Gasteiger partial charge < -0.3 is 24.4 Å². The zero-order chi connectivity index (χ0) is 17.7. The molecule has 0 unspecified atom stereocenters. The summed E-state index contributed by atoms with van der Waals surface area (Å²) in [5.74, 6) is 0.522. The molecule has 2 rings (SSSR count). The number of hydrogen-bond acceptors (Lipinski definition) is 5. The van der Waals surface area contributed by atoms with Gasteiger partial charge in [-0.05, 0) is 19.1 Å². The third kappa shape index (κ3) is 3.97. The van der Waals surface area contributed by atoms with Crippen LogP contribution in [0.4, 0.5) is 5.69 Å². The number of nitrogens with zero attached hydrogens (tertiary/aromatic N) is 1. The van der Waals surface area contributed by atoms with Crippen LogP contribution in [0.1, 0.15) is 13.3 Å². The molecule has 1 saturated heterocycles. The van der Waals surface area contributed by atoms with Crippen molar-refractivity contribution in [3.05, 3.63) is 18.2 Å². The Labute approximate surface area is 141 Å². The Morgan fingerprint density at radius 2 is 2.08 bits per heavy atom. The molecule has 0 bridgehead atoms. The largest absolute Gasteiger partial charge is 0.497 e. The van der Waals surface area contributed by atoms with Gasteiger partial charge in [-0.15, -0.1) is 0 Å². The van der Waals surface area contributed by atoms with E-state index in [9.17, 15) is 9.59 Å². The van der Waals surface area contributed by atoms with E-state index in [-0.39, 0.29) is 24.3 Å². The summed E-state index contributed by atoms with van der Waals surface area (Å²) in [6, 6.07) is 5.12. The van der Waals surface area contributed by atoms with Crippen molar-refractivity contribution in [3.63, 3.8) is 0 Å². The molecule has 7 nitrogen and oxygen atoms in total. The fourth-order valence-electron chi connectivity index (χ4n) is 2.81. The van der Waals surface area contributed by atoms with Gasteiger partial charge in [0.25, 0.3) is 0 Å². The van der Waals surface area contributed by atoms with Crippen molar-refractivity contribution >= 4 is 17.5 Å². The average molecular weight is 336 g/mol. The first-order valence-electron chi connectivity index (χ1n) is 7.81. The van der Waals surface area contributed by atoms with Gasteiger partial charge in [-0.1, -0.05) is 0 Å². The highest BCUT2D eigenvalue weighted by Crippen LogP contribution is 2.30. The molecule has 7 heteroatoms. The predicted octanol–water partition coefficient (Wildman–Crippen LogP) is 1.53. The van der Waals surface area contributed by atoms with Crippen molar-refractivity contribution in [3.8, 4) is 11.5 Å². The van der Waals surface area contributed by atoms with E-state index in [1.165, 1.54) is 7.11 Å². The van der Waals surface area contributed by atoms with Crippen molar-refractivity contribution in [2.75, 3.05) is 39.8 Å². The molecule has 1 aliphatic rings. The Bertz CT molecular complexity index is 605. The molecule has 132 valence electrons. The van der Waals surface area contributed by atoms with Crippen LogP contribution in [0.5, 0.6) is 11.5 Å². The molecule has 0 aromatic heterocycles. The van der Waals surface area contributed by atoms with Crippen LogP contribution in [-0.2, 0) is 14.3 Å². The Hall–Kier alpha value is -2.28. The molecule has 24 heavy (non-hydrogen) atoms. The van der Waals surface area contributed by atoms with Crippen LogP contribution in [0.15, 0.2) is 18.2 Å². The number of carbonyl (C=O) groups is 2. The maximum atomic E-state index is 12.5. The van der Waals surface area contributed by atoms with Crippen LogP contribution in [0.25, 0.3) is 0 Å². The summed E-state index contributed by atoms with van der Waals surface area (Å²) in [6.07, 6.45) is 0.201. The minimum Gasteiger partial charge on any atom is -0.497 e. The van der Waals surface area contributed by atoms with Crippen molar-refractivity contribution in [1.82, 2.24) is 4.90 Å². The van der Waals surface area contributed by atoms with Crippen molar-refractivity contribution in [1.29, 1.82) is 0 Å². The van der Waals surface area contributed by atoms with Crippen LogP contribution >= 0.6 is 0 Å². The highest BCUT2D eigenvalue weighted by Gasteiger charge is 2.36. The smallest absolute Gasteiger partial charge is 0.229 e. The van der Waals surface area contributed by atoms with E-state index in [0.29, 0.717) is 30.3 Å². The van der Waals surface area contributed by atoms with Gasteiger partial charge in [0.15, 0.2) is 0 Å². The fourth-order valence-corrected chi connectivity index (χ4v) is 2.81. The molecular weight excluding hydrogens is 312 g/mol.